The highest BCUT2D eigenvalue weighted by Gasteiger charge is 2.15. The molecule has 3 rings (SSSR count). The first kappa shape index (κ1) is 12.8. The zero-order chi connectivity index (χ0) is 13.9. The van der Waals surface area contributed by atoms with E-state index in [1.54, 1.807) is 6.33 Å². The molecule has 20 heavy (non-hydrogen) atoms. The minimum Gasteiger partial charge on any atom is -0.486 e. The zero-order valence-electron chi connectivity index (χ0n) is 11.6. The first-order chi connectivity index (χ1) is 9.79. The van der Waals surface area contributed by atoms with E-state index in [1.165, 1.54) is 0 Å². The molecule has 1 aliphatic heterocycles. The minimum absolute atomic E-state index is 0.580. The Hall–Kier alpha value is -2.17. The Balaban J connectivity index is 1.91. The van der Waals surface area contributed by atoms with E-state index in [0.29, 0.717) is 19.0 Å². The quantitative estimate of drug-likeness (QED) is 0.930. The lowest BCUT2D eigenvalue weighted by Gasteiger charge is -2.18. The summed E-state index contributed by atoms with van der Waals surface area (Å²) in [6.45, 7) is 4.24. The summed E-state index contributed by atoms with van der Waals surface area (Å²) >= 11 is 0. The largest absolute Gasteiger partial charge is 0.486 e. The monoisotopic (exact) mass is 273 g/mol. The highest BCUT2D eigenvalue weighted by molar-refractivity contribution is 5.72. The third-order valence-electron chi connectivity index (χ3n) is 3.45. The molecule has 0 fully saturated rings. The van der Waals surface area contributed by atoms with Gasteiger partial charge in [-0.05, 0) is 24.6 Å². The van der Waals surface area contributed by atoms with Gasteiger partial charge in [0.25, 0.3) is 0 Å². The Labute approximate surface area is 118 Å². The van der Waals surface area contributed by atoms with Gasteiger partial charge in [-0.15, -0.1) is 0 Å². The van der Waals surface area contributed by atoms with Crippen molar-refractivity contribution in [2.75, 3.05) is 18.9 Å². The summed E-state index contributed by atoms with van der Waals surface area (Å²) in [6.07, 6.45) is 4.04. The van der Waals surface area contributed by atoms with Crippen LogP contribution in [0.4, 0.5) is 5.82 Å². The molecule has 0 unspecified atom stereocenters. The molecule has 1 aromatic heterocycles. The highest BCUT2D eigenvalue weighted by atomic mass is 16.6. The molecule has 5 nitrogen and oxygen atoms in total. The number of rotatable bonds is 4. The van der Waals surface area contributed by atoms with E-state index in [1.807, 2.05) is 22.8 Å². The van der Waals surface area contributed by atoms with Crippen molar-refractivity contribution in [2.45, 2.75) is 26.3 Å². The van der Waals surface area contributed by atoms with E-state index >= 15 is 0 Å². The van der Waals surface area contributed by atoms with E-state index in [9.17, 15) is 0 Å². The van der Waals surface area contributed by atoms with Crippen LogP contribution >= 0.6 is 0 Å². The standard InChI is InChI=1S/C15H19N3O2/c1-2-3-6-18-10-17-14(15(18)16)11-4-5-12-13(9-11)20-8-7-19-12/h4-5,9-10H,2-3,6-8,16H2,1H3. The Morgan fingerprint density at radius 3 is 2.85 bits per heavy atom. The van der Waals surface area contributed by atoms with E-state index in [4.69, 9.17) is 15.2 Å². The molecule has 2 N–H and O–H groups in total. The highest BCUT2D eigenvalue weighted by Crippen LogP contribution is 2.35. The van der Waals surface area contributed by atoms with E-state index in [0.717, 1.165) is 42.1 Å². The van der Waals surface area contributed by atoms with Crippen LogP contribution in [-0.2, 0) is 6.54 Å². The van der Waals surface area contributed by atoms with Gasteiger partial charge in [0, 0.05) is 12.1 Å². The number of nitrogen functional groups attached to an aromatic ring is 1. The maximum Gasteiger partial charge on any atom is 0.162 e. The second-order valence-electron chi connectivity index (χ2n) is 4.88. The van der Waals surface area contributed by atoms with Crippen molar-refractivity contribution in [3.63, 3.8) is 0 Å². The summed E-state index contributed by atoms with van der Waals surface area (Å²) < 4.78 is 13.1. The van der Waals surface area contributed by atoms with Crippen molar-refractivity contribution in [2.24, 2.45) is 0 Å². The van der Waals surface area contributed by atoms with Gasteiger partial charge >= 0.3 is 0 Å². The molecule has 0 saturated heterocycles. The lowest BCUT2D eigenvalue weighted by atomic mass is 10.1. The fourth-order valence-electron chi connectivity index (χ4n) is 2.31. The number of aryl methyl sites for hydroxylation is 1. The fraction of sp³-hybridized carbons (Fsp3) is 0.400. The average molecular weight is 273 g/mol. The number of aromatic nitrogens is 2. The lowest BCUT2D eigenvalue weighted by molar-refractivity contribution is 0.171. The molecular formula is C15H19N3O2. The van der Waals surface area contributed by atoms with Crippen LogP contribution < -0.4 is 15.2 Å². The number of nitrogens with zero attached hydrogens (tertiary/aromatic N) is 2. The van der Waals surface area contributed by atoms with Gasteiger partial charge in [0.15, 0.2) is 11.5 Å². The molecule has 2 aromatic rings. The number of anilines is 1. The summed E-state index contributed by atoms with van der Waals surface area (Å²) in [5, 5.41) is 0. The molecule has 0 aliphatic carbocycles. The molecule has 0 bridgehead atoms. The second kappa shape index (κ2) is 5.45. The van der Waals surface area contributed by atoms with Crippen LogP contribution in [0.2, 0.25) is 0 Å². The molecule has 0 saturated carbocycles. The summed E-state index contributed by atoms with van der Waals surface area (Å²) in [5.74, 6) is 2.25. The first-order valence-electron chi connectivity index (χ1n) is 7.00. The summed E-state index contributed by atoms with van der Waals surface area (Å²) in [4.78, 5) is 4.43. The maximum absolute atomic E-state index is 6.18. The molecule has 0 radical (unpaired) electrons. The Morgan fingerprint density at radius 2 is 2.05 bits per heavy atom. The molecular weight excluding hydrogens is 254 g/mol. The van der Waals surface area contributed by atoms with Crippen molar-refractivity contribution < 1.29 is 9.47 Å². The topological polar surface area (TPSA) is 62.3 Å². The van der Waals surface area contributed by atoms with Gasteiger partial charge in [-0.3, -0.25) is 0 Å². The number of unbranched alkanes of at least 4 members (excludes halogenated alkanes) is 1. The van der Waals surface area contributed by atoms with Gasteiger partial charge in [0.2, 0.25) is 0 Å². The third-order valence-corrected chi connectivity index (χ3v) is 3.45. The average Bonchev–Trinajstić information content (AvgIpc) is 2.85. The zero-order valence-corrected chi connectivity index (χ0v) is 11.6. The fourth-order valence-corrected chi connectivity index (χ4v) is 2.31. The normalized spacial score (nSPS) is 13.4. The molecule has 5 heteroatoms. The SMILES string of the molecule is CCCCn1cnc(-c2ccc3c(c2)OCCO3)c1N. The summed E-state index contributed by atoms with van der Waals surface area (Å²) in [6, 6.07) is 5.82. The van der Waals surface area contributed by atoms with E-state index in [-0.39, 0.29) is 0 Å². The minimum atomic E-state index is 0.580. The van der Waals surface area contributed by atoms with Crippen LogP contribution in [0.1, 0.15) is 19.8 Å². The van der Waals surface area contributed by atoms with Crippen LogP contribution in [0.15, 0.2) is 24.5 Å². The molecule has 2 heterocycles. The first-order valence-corrected chi connectivity index (χ1v) is 7.00. The predicted molar refractivity (Wildman–Crippen MR) is 78.0 cm³/mol. The molecule has 0 spiro atoms. The van der Waals surface area contributed by atoms with E-state index in [2.05, 4.69) is 11.9 Å². The smallest absolute Gasteiger partial charge is 0.162 e. The van der Waals surface area contributed by atoms with Crippen molar-refractivity contribution in [3.05, 3.63) is 24.5 Å². The number of fused-ring (bicyclic) bond motifs is 1. The van der Waals surface area contributed by atoms with Crippen LogP contribution in [0, 0.1) is 0 Å². The molecule has 0 amide bonds. The second-order valence-corrected chi connectivity index (χ2v) is 4.88. The van der Waals surface area contributed by atoms with Gasteiger partial charge in [-0.1, -0.05) is 13.3 Å². The van der Waals surface area contributed by atoms with Gasteiger partial charge in [0.1, 0.15) is 24.7 Å². The number of ether oxygens (including phenoxy) is 2. The van der Waals surface area contributed by atoms with E-state index < -0.39 is 0 Å². The van der Waals surface area contributed by atoms with Gasteiger partial charge < -0.3 is 19.8 Å². The van der Waals surface area contributed by atoms with Gasteiger partial charge in [-0.2, -0.15) is 0 Å². The van der Waals surface area contributed by atoms with Crippen molar-refractivity contribution in [3.8, 4) is 22.8 Å². The summed E-state index contributed by atoms with van der Waals surface area (Å²) in [7, 11) is 0. The number of hydrogen-bond donors (Lipinski definition) is 1. The van der Waals surface area contributed by atoms with Crippen molar-refractivity contribution in [1.29, 1.82) is 0 Å². The van der Waals surface area contributed by atoms with Crippen LogP contribution in [0.25, 0.3) is 11.3 Å². The van der Waals surface area contributed by atoms with Crippen molar-refractivity contribution in [1.82, 2.24) is 9.55 Å². The molecule has 1 aromatic carbocycles. The maximum atomic E-state index is 6.18. The Kier molecular flexibility index (Phi) is 3.50. The number of nitrogens with two attached hydrogens (primary N) is 1. The van der Waals surface area contributed by atoms with Gasteiger partial charge in [0.05, 0.1) is 6.33 Å². The number of imidazole rings is 1. The Morgan fingerprint density at radius 1 is 1.25 bits per heavy atom. The van der Waals surface area contributed by atoms with Crippen molar-refractivity contribution >= 4 is 5.82 Å². The van der Waals surface area contributed by atoms with Crippen LogP contribution in [0.5, 0.6) is 11.5 Å². The number of hydrogen-bond acceptors (Lipinski definition) is 4. The molecule has 106 valence electrons. The molecule has 0 atom stereocenters. The van der Waals surface area contributed by atoms with Crippen LogP contribution in [0.3, 0.4) is 0 Å². The van der Waals surface area contributed by atoms with Gasteiger partial charge in [-0.25, -0.2) is 4.98 Å². The predicted octanol–water partition coefficient (Wildman–Crippen LogP) is 2.70. The Bertz CT molecular complexity index is 607. The number of benzene rings is 1. The van der Waals surface area contributed by atoms with Crippen LogP contribution in [-0.4, -0.2) is 22.8 Å². The third kappa shape index (κ3) is 2.31. The summed E-state index contributed by atoms with van der Waals surface area (Å²) in [5.41, 5.74) is 7.94. The molecule has 1 aliphatic rings. The lowest BCUT2D eigenvalue weighted by Crippen LogP contribution is -2.15.